The zero-order valence-corrected chi connectivity index (χ0v) is 12.6. The van der Waals surface area contributed by atoms with E-state index in [0.29, 0.717) is 12.5 Å². The van der Waals surface area contributed by atoms with Crippen molar-refractivity contribution >= 4 is 5.78 Å². The van der Waals surface area contributed by atoms with Gasteiger partial charge in [-0.15, -0.1) is 0 Å². The summed E-state index contributed by atoms with van der Waals surface area (Å²) in [7, 11) is 0. The molecule has 2 aliphatic rings. The molecular formula is C18H25NO. The molecule has 108 valence electrons. The molecule has 0 N–H and O–H groups in total. The minimum absolute atomic E-state index is 0.278. The van der Waals surface area contributed by atoms with Crippen molar-refractivity contribution in [2.45, 2.75) is 39.0 Å². The van der Waals surface area contributed by atoms with Crippen LogP contribution in [0.4, 0.5) is 0 Å². The number of carbonyl (C=O) groups is 1. The Morgan fingerprint density at radius 2 is 1.75 bits per heavy atom. The van der Waals surface area contributed by atoms with Crippen molar-refractivity contribution in [1.82, 2.24) is 4.90 Å². The Balaban J connectivity index is 1.59. The van der Waals surface area contributed by atoms with E-state index >= 15 is 0 Å². The Morgan fingerprint density at radius 3 is 2.30 bits per heavy atom. The van der Waals surface area contributed by atoms with Crippen LogP contribution >= 0.6 is 0 Å². The molecule has 1 saturated heterocycles. The van der Waals surface area contributed by atoms with Gasteiger partial charge in [0.15, 0.2) is 5.78 Å². The summed E-state index contributed by atoms with van der Waals surface area (Å²) in [6.07, 6.45) is 4.14. The van der Waals surface area contributed by atoms with Crippen LogP contribution in [0.15, 0.2) is 24.3 Å². The first kappa shape index (κ1) is 13.8. The summed E-state index contributed by atoms with van der Waals surface area (Å²) in [5.41, 5.74) is 2.17. The number of ketones is 1. The van der Waals surface area contributed by atoms with E-state index in [2.05, 4.69) is 30.9 Å². The van der Waals surface area contributed by atoms with E-state index in [0.717, 1.165) is 30.5 Å². The van der Waals surface area contributed by atoms with Crippen LogP contribution in [0.2, 0.25) is 0 Å². The van der Waals surface area contributed by atoms with E-state index < -0.39 is 0 Å². The van der Waals surface area contributed by atoms with Crippen LogP contribution in [-0.4, -0.2) is 30.3 Å². The number of carbonyl (C=O) groups excluding carboxylic acids is 1. The maximum Gasteiger partial charge on any atom is 0.176 e. The van der Waals surface area contributed by atoms with Gasteiger partial charge in [0.1, 0.15) is 0 Å². The molecule has 1 heterocycles. The molecule has 0 aromatic heterocycles. The molecule has 0 amide bonds. The van der Waals surface area contributed by atoms with E-state index in [4.69, 9.17) is 0 Å². The minimum Gasteiger partial charge on any atom is -0.295 e. The minimum atomic E-state index is 0.278. The van der Waals surface area contributed by atoms with Crippen molar-refractivity contribution in [3.8, 4) is 0 Å². The first-order valence-corrected chi connectivity index (χ1v) is 7.99. The number of likely N-dealkylation sites (tertiary alicyclic amines) is 1. The third-order valence-electron chi connectivity index (χ3n) is 5.07. The lowest BCUT2D eigenvalue weighted by Gasteiger charge is -2.16. The topological polar surface area (TPSA) is 20.3 Å². The van der Waals surface area contributed by atoms with Crippen molar-refractivity contribution in [1.29, 1.82) is 0 Å². The smallest absolute Gasteiger partial charge is 0.176 e. The number of rotatable bonds is 4. The van der Waals surface area contributed by atoms with Gasteiger partial charge < -0.3 is 0 Å². The standard InChI is InChI=1S/C18H25NO/c1-13(2)14-6-8-15(9-7-14)18(20)12-19-10-16-4-3-5-17(16)11-19/h6-9,13,16-17H,3-5,10-12H2,1-2H3. The number of hydrogen-bond donors (Lipinski definition) is 0. The Labute approximate surface area is 122 Å². The summed E-state index contributed by atoms with van der Waals surface area (Å²) in [5, 5.41) is 0. The summed E-state index contributed by atoms with van der Waals surface area (Å²) in [6, 6.07) is 8.18. The van der Waals surface area contributed by atoms with E-state index in [1.54, 1.807) is 0 Å². The summed E-state index contributed by atoms with van der Waals surface area (Å²) < 4.78 is 0. The van der Waals surface area contributed by atoms with Gasteiger partial charge >= 0.3 is 0 Å². The maximum atomic E-state index is 12.4. The first-order chi connectivity index (χ1) is 9.63. The highest BCUT2D eigenvalue weighted by molar-refractivity contribution is 5.97. The molecule has 1 aliphatic heterocycles. The predicted octanol–water partition coefficient (Wildman–Crippen LogP) is 3.72. The Hall–Kier alpha value is -1.15. The molecule has 2 unspecified atom stereocenters. The molecular weight excluding hydrogens is 246 g/mol. The number of fused-ring (bicyclic) bond motifs is 1. The molecule has 3 rings (SSSR count). The van der Waals surface area contributed by atoms with Gasteiger partial charge in [0.05, 0.1) is 6.54 Å². The normalized spacial score (nSPS) is 26.1. The molecule has 0 spiro atoms. The van der Waals surface area contributed by atoms with Crippen LogP contribution in [0.3, 0.4) is 0 Å². The fourth-order valence-electron chi connectivity index (χ4n) is 3.81. The second kappa shape index (κ2) is 5.69. The SMILES string of the molecule is CC(C)c1ccc(C(=O)CN2CC3CCCC3C2)cc1. The molecule has 1 saturated carbocycles. The molecule has 2 fully saturated rings. The first-order valence-electron chi connectivity index (χ1n) is 7.99. The molecule has 1 aliphatic carbocycles. The number of nitrogens with zero attached hydrogens (tertiary/aromatic N) is 1. The second-order valence-electron chi connectivity index (χ2n) is 6.85. The highest BCUT2D eigenvalue weighted by atomic mass is 16.1. The third kappa shape index (κ3) is 2.80. The van der Waals surface area contributed by atoms with Gasteiger partial charge in [-0.25, -0.2) is 0 Å². The van der Waals surface area contributed by atoms with Crippen LogP contribution in [0.1, 0.15) is 54.9 Å². The van der Waals surface area contributed by atoms with Gasteiger partial charge in [-0.1, -0.05) is 44.5 Å². The largest absolute Gasteiger partial charge is 0.295 e. The predicted molar refractivity (Wildman–Crippen MR) is 82.1 cm³/mol. The summed E-state index contributed by atoms with van der Waals surface area (Å²) in [4.78, 5) is 14.7. The average Bonchev–Trinajstić information content (AvgIpc) is 2.99. The monoisotopic (exact) mass is 271 g/mol. The van der Waals surface area contributed by atoms with Crippen LogP contribution < -0.4 is 0 Å². The van der Waals surface area contributed by atoms with E-state index in [9.17, 15) is 4.79 Å². The molecule has 2 atom stereocenters. The fourth-order valence-corrected chi connectivity index (χ4v) is 3.81. The van der Waals surface area contributed by atoms with Gasteiger partial charge in [0.25, 0.3) is 0 Å². The number of benzene rings is 1. The van der Waals surface area contributed by atoms with Crippen molar-refractivity contribution in [3.05, 3.63) is 35.4 Å². The second-order valence-corrected chi connectivity index (χ2v) is 6.85. The summed E-state index contributed by atoms with van der Waals surface area (Å²) in [5.74, 6) is 2.54. The Morgan fingerprint density at radius 1 is 1.15 bits per heavy atom. The molecule has 2 heteroatoms. The van der Waals surface area contributed by atoms with Crippen molar-refractivity contribution < 1.29 is 4.79 Å². The highest BCUT2D eigenvalue weighted by Gasteiger charge is 2.36. The van der Waals surface area contributed by atoms with Gasteiger partial charge in [-0.05, 0) is 36.2 Å². The Kier molecular flexibility index (Phi) is 3.93. The third-order valence-corrected chi connectivity index (χ3v) is 5.07. The van der Waals surface area contributed by atoms with Gasteiger partial charge in [0, 0.05) is 18.7 Å². The van der Waals surface area contributed by atoms with E-state index in [1.165, 1.54) is 24.8 Å². The lowest BCUT2D eigenvalue weighted by molar-refractivity contribution is 0.0941. The molecule has 1 aromatic rings. The molecule has 2 nitrogen and oxygen atoms in total. The lowest BCUT2D eigenvalue weighted by atomic mass is 10.0. The molecule has 0 bridgehead atoms. The number of Topliss-reactive ketones (excluding diaryl/α,β-unsaturated/α-hetero) is 1. The van der Waals surface area contributed by atoms with Crippen molar-refractivity contribution in [2.75, 3.05) is 19.6 Å². The van der Waals surface area contributed by atoms with E-state index in [1.807, 2.05) is 12.1 Å². The number of hydrogen-bond acceptors (Lipinski definition) is 2. The zero-order chi connectivity index (χ0) is 14.1. The quantitative estimate of drug-likeness (QED) is 0.778. The molecule has 20 heavy (non-hydrogen) atoms. The fraction of sp³-hybridized carbons (Fsp3) is 0.611. The van der Waals surface area contributed by atoms with Crippen LogP contribution in [0.25, 0.3) is 0 Å². The molecule has 0 radical (unpaired) electrons. The Bertz CT molecular complexity index is 465. The highest BCUT2D eigenvalue weighted by Crippen LogP contribution is 2.37. The maximum absolute atomic E-state index is 12.4. The van der Waals surface area contributed by atoms with Crippen LogP contribution in [-0.2, 0) is 0 Å². The van der Waals surface area contributed by atoms with Crippen molar-refractivity contribution in [2.24, 2.45) is 11.8 Å². The van der Waals surface area contributed by atoms with Gasteiger partial charge in [0.2, 0.25) is 0 Å². The summed E-state index contributed by atoms with van der Waals surface area (Å²) in [6.45, 7) is 7.24. The molecule has 1 aromatic carbocycles. The van der Waals surface area contributed by atoms with E-state index in [-0.39, 0.29) is 5.78 Å². The zero-order valence-electron chi connectivity index (χ0n) is 12.6. The van der Waals surface area contributed by atoms with Crippen LogP contribution in [0, 0.1) is 11.8 Å². The van der Waals surface area contributed by atoms with Gasteiger partial charge in [-0.3, -0.25) is 9.69 Å². The summed E-state index contributed by atoms with van der Waals surface area (Å²) >= 11 is 0. The van der Waals surface area contributed by atoms with Gasteiger partial charge in [-0.2, -0.15) is 0 Å². The average molecular weight is 271 g/mol. The van der Waals surface area contributed by atoms with Crippen molar-refractivity contribution in [3.63, 3.8) is 0 Å². The van der Waals surface area contributed by atoms with Crippen LogP contribution in [0.5, 0.6) is 0 Å². The lowest BCUT2D eigenvalue weighted by Crippen LogP contribution is -2.28.